The van der Waals surface area contributed by atoms with Crippen LogP contribution in [0.1, 0.15) is 12.8 Å². The third-order valence-electron chi connectivity index (χ3n) is 5.62. The molecule has 1 saturated carbocycles. The fourth-order valence-corrected chi connectivity index (χ4v) is 3.94. The van der Waals surface area contributed by atoms with Crippen LogP contribution in [0.5, 0.6) is 5.88 Å². The average molecular weight is 359 g/mol. The molecule has 0 spiro atoms. The van der Waals surface area contributed by atoms with Crippen LogP contribution in [0.25, 0.3) is 32.9 Å². The number of ether oxygens (including phenoxy) is 1. The van der Waals surface area contributed by atoms with Crippen molar-refractivity contribution in [2.45, 2.75) is 18.9 Å². The van der Waals surface area contributed by atoms with E-state index in [1.807, 2.05) is 30.7 Å². The van der Waals surface area contributed by atoms with Gasteiger partial charge in [0.25, 0.3) is 0 Å². The summed E-state index contributed by atoms with van der Waals surface area (Å²) in [5.74, 6) is 1.04. The molecule has 0 saturated heterocycles. The first kappa shape index (κ1) is 16.3. The summed E-state index contributed by atoms with van der Waals surface area (Å²) in [6.07, 6.45) is 7.62. The van der Waals surface area contributed by atoms with Gasteiger partial charge in [0.05, 0.1) is 5.52 Å². The molecule has 5 rings (SSSR count). The fourth-order valence-electron chi connectivity index (χ4n) is 3.94. The highest BCUT2D eigenvalue weighted by Crippen LogP contribution is 2.33. The van der Waals surface area contributed by atoms with E-state index < -0.39 is 0 Å². The highest BCUT2D eigenvalue weighted by molar-refractivity contribution is 6.08. The quantitative estimate of drug-likeness (QED) is 0.600. The minimum atomic E-state index is 0.182. The van der Waals surface area contributed by atoms with Gasteiger partial charge in [0, 0.05) is 60.2 Å². The van der Waals surface area contributed by atoms with E-state index in [0.717, 1.165) is 24.0 Å². The molecule has 27 heavy (non-hydrogen) atoms. The number of hydrogen-bond donors (Lipinski definition) is 1. The van der Waals surface area contributed by atoms with Gasteiger partial charge in [-0.3, -0.25) is 4.98 Å². The molecule has 3 heterocycles. The van der Waals surface area contributed by atoms with Gasteiger partial charge in [0.1, 0.15) is 6.10 Å². The summed E-state index contributed by atoms with van der Waals surface area (Å²) < 4.78 is 8.07. The van der Waals surface area contributed by atoms with E-state index in [1.54, 1.807) is 0 Å². The SMILES string of the molecule is Cn1c2ccncc2c2ccc(-c3ccc(O[C@H]4C[C@H](CO)C4)nc3)cc21. The van der Waals surface area contributed by atoms with E-state index >= 15 is 0 Å². The van der Waals surface area contributed by atoms with Crippen molar-refractivity contribution in [1.29, 1.82) is 0 Å². The van der Waals surface area contributed by atoms with Gasteiger partial charge in [-0.25, -0.2) is 4.98 Å². The minimum absolute atomic E-state index is 0.182. The van der Waals surface area contributed by atoms with Crippen LogP contribution in [-0.2, 0) is 7.05 Å². The zero-order chi connectivity index (χ0) is 18.4. The summed E-state index contributed by atoms with van der Waals surface area (Å²) in [5.41, 5.74) is 4.56. The Balaban J connectivity index is 1.43. The van der Waals surface area contributed by atoms with Gasteiger partial charge in [-0.2, -0.15) is 0 Å². The predicted octanol–water partition coefficient (Wildman–Crippen LogP) is 3.94. The summed E-state index contributed by atoms with van der Waals surface area (Å²) in [4.78, 5) is 8.73. The van der Waals surface area contributed by atoms with Crippen molar-refractivity contribution in [3.63, 3.8) is 0 Å². The number of aliphatic hydroxyl groups is 1. The smallest absolute Gasteiger partial charge is 0.213 e. The maximum Gasteiger partial charge on any atom is 0.213 e. The van der Waals surface area contributed by atoms with Gasteiger partial charge in [0.15, 0.2) is 0 Å². The number of nitrogens with zero attached hydrogens (tertiary/aromatic N) is 3. The van der Waals surface area contributed by atoms with Crippen LogP contribution in [0, 0.1) is 5.92 Å². The second-order valence-electron chi connectivity index (χ2n) is 7.33. The summed E-state index contributed by atoms with van der Waals surface area (Å²) in [6, 6.07) is 12.5. The molecule has 0 radical (unpaired) electrons. The number of hydrogen-bond acceptors (Lipinski definition) is 4. The first-order chi connectivity index (χ1) is 13.2. The van der Waals surface area contributed by atoms with Gasteiger partial charge >= 0.3 is 0 Å². The Morgan fingerprint density at radius 3 is 2.67 bits per heavy atom. The third-order valence-corrected chi connectivity index (χ3v) is 5.62. The van der Waals surface area contributed by atoms with Crippen LogP contribution < -0.4 is 4.74 Å². The van der Waals surface area contributed by atoms with Crippen LogP contribution in [0.2, 0.25) is 0 Å². The second kappa shape index (κ2) is 6.35. The van der Waals surface area contributed by atoms with Gasteiger partial charge in [-0.1, -0.05) is 12.1 Å². The van der Waals surface area contributed by atoms with Crippen molar-refractivity contribution in [2.24, 2.45) is 13.0 Å². The van der Waals surface area contributed by atoms with E-state index in [4.69, 9.17) is 9.84 Å². The molecule has 1 fully saturated rings. The Kier molecular flexibility index (Phi) is 3.83. The van der Waals surface area contributed by atoms with Crippen molar-refractivity contribution in [2.75, 3.05) is 6.61 Å². The second-order valence-corrected chi connectivity index (χ2v) is 7.33. The molecule has 4 aromatic rings. The van der Waals surface area contributed by atoms with E-state index in [2.05, 4.69) is 45.8 Å². The van der Waals surface area contributed by atoms with Crippen LogP contribution in [-0.4, -0.2) is 32.4 Å². The largest absolute Gasteiger partial charge is 0.474 e. The normalized spacial score (nSPS) is 19.3. The molecule has 0 atom stereocenters. The van der Waals surface area contributed by atoms with Gasteiger partial charge in [-0.05, 0) is 42.5 Å². The fraction of sp³-hybridized carbons (Fsp3) is 0.273. The third kappa shape index (κ3) is 2.75. The Morgan fingerprint density at radius 1 is 1.04 bits per heavy atom. The first-order valence-corrected chi connectivity index (χ1v) is 9.29. The number of pyridine rings is 2. The molecule has 5 nitrogen and oxygen atoms in total. The molecule has 0 bridgehead atoms. The molecule has 0 amide bonds. The molecule has 1 N–H and O–H groups in total. The standard InChI is InChI=1S/C22H21N3O2/c1-25-20-6-7-23-12-19(20)18-4-2-15(10-21(18)25)16-3-5-22(24-11-16)27-17-8-14(9-17)13-26/h2-7,10-12,14,17,26H,8-9,13H2,1H3/t14-,17-. The van der Waals surface area contributed by atoms with Crippen molar-refractivity contribution in [1.82, 2.24) is 14.5 Å². The lowest BCUT2D eigenvalue weighted by Crippen LogP contribution is -2.35. The van der Waals surface area contributed by atoms with Gasteiger partial charge in [0.2, 0.25) is 5.88 Å². The zero-order valence-electron chi connectivity index (χ0n) is 15.2. The molecule has 3 aromatic heterocycles. The molecule has 1 aliphatic carbocycles. The van der Waals surface area contributed by atoms with E-state index in [1.165, 1.54) is 21.8 Å². The van der Waals surface area contributed by atoms with E-state index in [0.29, 0.717) is 11.8 Å². The van der Waals surface area contributed by atoms with Crippen LogP contribution in [0.15, 0.2) is 55.0 Å². The maximum atomic E-state index is 9.10. The Labute approximate surface area is 157 Å². The summed E-state index contributed by atoms with van der Waals surface area (Å²) >= 11 is 0. The lowest BCUT2D eigenvalue weighted by molar-refractivity contribution is 0.0296. The summed E-state index contributed by atoms with van der Waals surface area (Å²) in [7, 11) is 2.09. The van der Waals surface area contributed by atoms with Crippen molar-refractivity contribution < 1.29 is 9.84 Å². The first-order valence-electron chi connectivity index (χ1n) is 9.29. The molecule has 1 aromatic carbocycles. The van der Waals surface area contributed by atoms with Crippen molar-refractivity contribution in [3.05, 3.63) is 55.0 Å². The topological polar surface area (TPSA) is 60.2 Å². The van der Waals surface area contributed by atoms with Crippen molar-refractivity contribution >= 4 is 21.8 Å². The lowest BCUT2D eigenvalue weighted by atomic mass is 9.83. The summed E-state index contributed by atoms with van der Waals surface area (Å²) in [5, 5.41) is 11.5. The number of aromatic nitrogens is 3. The van der Waals surface area contributed by atoms with Crippen LogP contribution in [0.3, 0.4) is 0 Å². The number of rotatable bonds is 4. The van der Waals surface area contributed by atoms with Crippen LogP contribution >= 0.6 is 0 Å². The minimum Gasteiger partial charge on any atom is -0.474 e. The summed E-state index contributed by atoms with van der Waals surface area (Å²) in [6.45, 7) is 0.249. The van der Waals surface area contributed by atoms with Gasteiger partial charge in [-0.15, -0.1) is 0 Å². The molecule has 0 unspecified atom stereocenters. The molecular weight excluding hydrogens is 338 g/mol. The Hall–Kier alpha value is -2.92. The highest BCUT2D eigenvalue weighted by atomic mass is 16.5. The molecule has 0 aliphatic heterocycles. The zero-order valence-corrected chi connectivity index (χ0v) is 15.2. The molecule has 5 heteroatoms. The van der Waals surface area contributed by atoms with Crippen molar-refractivity contribution in [3.8, 4) is 17.0 Å². The highest BCUT2D eigenvalue weighted by Gasteiger charge is 2.30. The number of benzene rings is 1. The predicted molar refractivity (Wildman–Crippen MR) is 106 cm³/mol. The van der Waals surface area contributed by atoms with E-state index in [-0.39, 0.29) is 12.7 Å². The average Bonchev–Trinajstić information content (AvgIpc) is 2.97. The number of fused-ring (bicyclic) bond motifs is 3. The monoisotopic (exact) mass is 359 g/mol. The molecular formula is C22H21N3O2. The van der Waals surface area contributed by atoms with Gasteiger partial charge < -0.3 is 14.4 Å². The lowest BCUT2D eigenvalue weighted by Gasteiger charge is -2.33. The number of aryl methyl sites for hydroxylation is 1. The Bertz CT molecular complexity index is 1110. The van der Waals surface area contributed by atoms with Crippen LogP contribution in [0.4, 0.5) is 0 Å². The molecule has 1 aliphatic rings. The van der Waals surface area contributed by atoms with E-state index in [9.17, 15) is 0 Å². The maximum absolute atomic E-state index is 9.10. The molecule has 136 valence electrons. The Morgan fingerprint density at radius 2 is 1.89 bits per heavy atom. The number of aliphatic hydroxyl groups excluding tert-OH is 1.